The second-order valence-corrected chi connectivity index (χ2v) is 14.8. The van der Waals surface area contributed by atoms with Crippen LogP contribution in [-0.2, 0) is 0 Å². The van der Waals surface area contributed by atoms with Crippen LogP contribution in [0.3, 0.4) is 0 Å². The highest BCUT2D eigenvalue weighted by molar-refractivity contribution is 6.09. The van der Waals surface area contributed by atoms with E-state index in [0.717, 1.165) is 33.9 Å². The van der Waals surface area contributed by atoms with Crippen LogP contribution in [0.25, 0.3) is 77.1 Å². The van der Waals surface area contributed by atoms with E-state index in [4.69, 9.17) is 9.97 Å². The lowest BCUT2D eigenvalue weighted by Crippen LogP contribution is -2.00. The zero-order valence-electron chi connectivity index (χ0n) is 34.8. The summed E-state index contributed by atoms with van der Waals surface area (Å²) in [5.41, 5.74) is 18.1. The summed E-state index contributed by atoms with van der Waals surface area (Å²) in [4.78, 5) is 9.80. The van der Waals surface area contributed by atoms with E-state index in [1.54, 1.807) is 0 Å². The van der Waals surface area contributed by atoms with Crippen LogP contribution >= 0.6 is 0 Å². The zero-order valence-corrected chi connectivity index (χ0v) is 34.8. The average Bonchev–Trinajstić information content (AvgIpc) is 3.24. The van der Waals surface area contributed by atoms with Gasteiger partial charge in [-0.05, 0) is 137 Å². The summed E-state index contributed by atoms with van der Waals surface area (Å²) in [6, 6.07) is 54.1. The van der Waals surface area contributed by atoms with E-state index in [9.17, 15) is 0 Å². The molecule has 0 saturated carbocycles. The van der Waals surface area contributed by atoms with Gasteiger partial charge in [-0.25, -0.2) is 9.97 Å². The Morgan fingerprint density at radius 2 is 0.789 bits per heavy atom. The molecule has 0 atom stereocenters. The minimum Gasteiger partial charge on any atom is -0.249 e. The summed E-state index contributed by atoms with van der Waals surface area (Å²) in [5.74, 6) is 0. The molecule has 0 aliphatic rings. The Morgan fingerprint density at radius 3 is 1.42 bits per heavy atom. The maximum Gasteiger partial charge on any atom is 0.0920 e. The molecule has 0 radical (unpaired) electrons. The van der Waals surface area contributed by atoms with Crippen molar-refractivity contribution in [2.45, 2.75) is 62.3 Å². The third-order valence-corrected chi connectivity index (χ3v) is 11.3. The van der Waals surface area contributed by atoms with Crippen molar-refractivity contribution in [3.8, 4) is 44.8 Å². The summed E-state index contributed by atoms with van der Waals surface area (Å²) in [6.45, 7) is 19.2. The lowest BCUT2D eigenvalue weighted by molar-refractivity contribution is 1.07. The highest BCUT2D eigenvalue weighted by atomic mass is 14.8. The molecule has 0 fully saturated rings. The third-order valence-electron chi connectivity index (χ3n) is 11.3. The number of fused-ring (bicyclic) bond motifs is 3. The topological polar surface area (TPSA) is 25.8 Å². The molecule has 1 aromatic heterocycles. The standard InChI is InChI=1S/C30H26.C23H20N2.C2H6/c1-19-11-5-7-13-24(19)29-20(2)21(3)30(28-16-10-9-15-27(28)29)26-18-17-23-12-6-8-14-25(23)22(26)4;1-15-8-4-7-11-21(15)23-17(3)24-22(16(2)25-23)20-13-12-18-9-5-6-10-19(18)14-20;1-2/h5-18H,1-4H3;4-14H,1-3H3;1-2H3. The van der Waals surface area contributed by atoms with Gasteiger partial charge in [-0.15, -0.1) is 0 Å². The Labute approximate surface area is 338 Å². The number of hydrogen-bond acceptors (Lipinski definition) is 2. The Balaban J connectivity index is 0.000000170. The SMILES string of the molecule is CC.Cc1ccccc1-c1c(C)c(C)c(-c2ccc3ccccc3c2C)c2ccccc12.Cc1ccccc1-c1nc(C)c(-c2ccc3ccccc3c2)nc1C. The molecule has 0 unspecified atom stereocenters. The molecular formula is C55H52N2. The molecule has 9 rings (SSSR count). The van der Waals surface area contributed by atoms with Crippen LogP contribution in [0.15, 0.2) is 152 Å². The number of aromatic nitrogens is 2. The second kappa shape index (κ2) is 16.8. The first-order valence-electron chi connectivity index (χ1n) is 20.2. The van der Waals surface area contributed by atoms with E-state index in [0.29, 0.717) is 0 Å². The predicted octanol–water partition coefficient (Wildman–Crippen LogP) is 15.5. The third kappa shape index (κ3) is 7.48. The van der Waals surface area contributed by atoms with E-state index in [1.807, 2.05) is 27.7 Å². The summed E-state index contributed by atoms with van der Waals surface area (Å²) in [6.07, 6.45) is 0. The minimum absolute atomic E-state index is 0.958. The predicted molar refractivity (Wildman–Crippen MR) is 247 cm³/mol. The molecule has 2 heteroatoms. The summed E-state index contributed by atoms with van der Waals surface area (Å²) < 4.78 is 0. The molecule has 0 aliphatic heterocycles. The Bertz CT molecular complexity index is 2900. The molecule has 0 amide bonds. The van der Waals surface area contributed by atoms with Crippen molar-refractivity contribution in [2.75, 3.05) is 0 Å². The van der Waals surface area contributed by atoms with E-state index >= 15 is 0 Å². The first kappa shape index (κ1) is 38.9. The minimum atomic E-state index is 0.958. The molecular weight excluding hydrogens is 689 g/mol. The summed E-state index contributed by atoms with van der Waals surface area (Å²) in [5, 5.41) is 7.76. The van der Waals surface area contributed by atoms with Crippen LogP contribution in [0.2, 0.25) is 0 Å². The van der Waals surface area contributed by atoms with Crippen LogP contribution in [-0.4, -0.2) is 9.97 Å². The van der Waals surface area contributed by atoms with Crippen LogP contribution in [0, 0.1) is 48.5 Å². The zero-order chi connectivity index (χ0) is 40.2. The molecule has 8 aromatic carbocycles. The van der Waals surface area contributed by atoms with Gasteiger partial charge < -0.3 is 0 Å². The fourth-order valence-corrected chi connectivity index (χ4v) is 8.25. The van der Waals surface area contributed by atoms with Crippen LogP contribution < -0.4 is 0 Å². The lowest BCUT2D eigenvalue weighted by Gasteiger charge is -2.22. The Morgan fingerprint density at radius 1 is 0.333 bits per heavy atom. The van der Waals surface area contributed by atoms with Gasteiger partial charge in [0.25, 0.3) is 0 Å². The van der Waals surface area contributed by atoms with Gasteiger partial charge in [0.15, 0.2) is 0 Å². The first-order chi connectivity index (χ1) is 27.7. The van der Waals surface area contributed by atoms with Gasteiger partial charge in [-0.2, -0.15) is 0 Å². The van der Waals surface area contributed by atoms with Gasteiger partial charge in [0.05, 0.1) is 22.8 Å². The normalized spacial score (nSPS) is 10.9. The largest absolute Gasteiger partial charge is 0.249 e. The number of aryl methyl sites for hydroxylation is 5. The first-order valence-corrected chi connectivity index (χ1v) is 20.2. The molecule has 2 nitrogen and oxygen atoms in total. The second-order valence-electron chi connectivity index (χ2n) is 14.8. The molecule has 0 aliphatic carbocycles. The molecule has 0 saturated heterocycles. The summed E-state index contributed by atoms with van der Waals surface area (Å²) in [7, 11) is 0. The van der Waals surface area contributed by atoms with Crippen molar-refractivity contribution in [1.82, 2.24) is 9.97 Å². The molecule has 0 bridgehead atoms. The van der Waals surface area contributed by atoms with Crippen molar-refractivity contribution >= 4 is 32.3 Å². The van der Waals surface area contributed by atoms with Crippen molar-refractivity contribution in [2.24, 2.45) is 0 Å². The number of rotatable bonds is 4. The fourth-order valence-electron chi connectivity index (χ4n) is 8.25. The van der Waals surface area contributed by atoms with Crippen molar-refractivity contribution in [3.05, 3.63) is 191 Å². The molecule has 9 aromatic rings. The molecule has 57 heavy (non-hydrogen) atoms. The number of benzene rings is 8. The lowest BCUT2D eigenvalue weighted by atomic mass is 9.82. The van der Waals surface area contributed by atoms with Gasteiger partial charge in [0.1, 0.15) is 0 Å². The smallest absolute Gasteiger partial charge is 0.0920 e. The van der Waals surface area contributed by atoms with E-state index in [1.165, 1.54) is 82.4 Å². The molecule has 0 spiro atoms. The number of nitrogens with zero attached hydrogens (tertiary/aromatic N) is 2. The van der Waals surface area contributed by atoms with Crippen molar-refractivity contribution < 1.29 is 0 Å². The monoisotopic (exact) mass is 740 g/mol. The van der Waals surface area contributed by atoms with Gasteiger partial charge >= 0.3 is 0 Å². The quantitative estimate of drug-likeness (QED) is 0.180. The van der Waals surface area contributed by atoms with E-state index in [2.05, 4.69) is 186 Å². The van der Waals surface area contributed by atoms with Crippen molar-refractivity contribution in [3.63, 3.8) is 0 Å². The van der Waals surface area contributed by atoms with Gasteiger partial charge in [0.2, 0.25) is 0 Å². The van der Waals surface area contributed by atoms with Gasteiger partial charge in [0, 0.05) is 11.1 Å². The van der Waals surface area contributed by atoms with Crippen LogP contribution in [0.1, 0.15) is 53.1 Å². The Kier molecular flexibility index (Phi) is 11.4. The van der Waals surface area contributed by atoms with E-state index < -0.39 is 0 Å². The van der Waals surface area contributed by atoms with Gasteiger partial charge in [-0.1, -0.05) is 159 Å². The van der Waals surface area contributed by atoms with Crippen LogP contribution in [0.4, 0.5) is 0 Å². The fraction of sp³-hybridized carbons (Fsp3) is 0.164. The number of hydrogen-bond donors (Lipinski definition) is 0. The molecule has 1 heterocycles. The van der Waals surface area contributed by atoms with Crippen LogP contribution in [0.5, 0.6) is 0 Å². The summed E-state index contributed by atoms with van der Waals surface area (Å²) >= 11 is 0. The Hall–Kier alpha value is -6.38. The highest BCUT2D eigenvalue weighted by Gasteiger charge is 2.19. The van der Waals surface area contributed by atoms with Gasteiger partial charge in [-0.3, -0.25) is 0 Å². The molecule has 0 N–H and O–H groups in total. The maximum absolute atomic E-state index is 4.90. The highest BCUT2D eigenvalue weighted by Crippen LogP contribution is 2.44. The van der Waals surface area contributed by atoms with E-state index in [-0.39, 0.29) is 0 Å². The maximum atomic E-state index is 4.90. The average molecular weight is 741 g/mol. The molecule has 282 valence electrons. The van der Waals surface area contributed by atoms with Crippen molar-refractivity contribution in [1.29, 1.82) is 0 Å².